The molecule has 10 nitrogen and oxygen atoms in total. The van der Waals surface area contributed by atoms with Crippen molar-refractivity contribution < 1.29 is 19.2 Å². The van der Waals surface area contributed by atoms with Crippen LogP contribution in [0.1, 0.15) is 55.3 Å². The van der Waals surface area contributed by atoms with Gasteiger partial charge in [0.15, 0.2) is 0 Å². The number of likely N-dealkylation sites (tertiary alicyclic amines) is 2. The molecule has 0 unspecified atom stereocenters. The summed E-state index contributed by atoms with van der Waals surface area (Å²) in [4.78, 5) is 57.2. The van der Waals surface area contributed by atoms with E-state index in [0.29, 0.717) is 49.7 Å². The fourth-order valence-corrected chi connectivity index (χ4v) is 7.89. The Morgan fingerprint density at radius 2 is 1.62 bits per heavy atom. The molecular weight excluding hydrogens is 516 g/mol. The largest absolute Gasteiger partial charge is 0.341 e. The Morgan fingerprint density at radius 3 is 2.31 bits per heavy atom. The van der Waals surface area contributed by atoms with Crippen molar-refractivity contribution in [2.75, 3.05) is 51.6 Å². The summed E-state index contributed by atoms with van der Waals surface area (Å²) in [5.41, 5.74) is -0.406. The van der Waals surface area contributed by atoms with Crippen LogP contribution in [0.2, 0.25) is 0 Å². The average Bonchev–Trinajstić information content (AvgIpc) is 3.25. The fourth-order valence-electron chi connectivity index (χ4n) is 6.80. The maximum absolute atomic E-state index is 13.8. The average molecular weight is 553 g/mol. The highest BCUT2D eigenvalue weighted by Gasteiger charge is 2.60. The zero-order chi connectivity index (χ0) is 27.1. The van der Waals surface area contributed by atoms with Crippen LogP contribution in [0.15, 0.2) is 24.3 Å². The van der Waals surface area contributed by atoms with Crippen molar-refractivity contribution in [3.05, 3.63) is 29.8 Å². The van der Waals surface area contributed by atoms with E-state index in [4.69, 9.17) is 0 Å². The molecule has 0 saturated carbocycles. The van der Waals surface area contributed by atoms with Gasteiger partial charge in [0, 0.05) is 55.9 Å². The van der Waals surface area contributed by atoms with E-state index < -0.39 is 5.41 Å². The van der Waals surface area contributed by atoms with Crippen molar-refractivity contribution in [1.82, 2.24) is 25.1 Å². The van der Waals surface area contributed by atoms with Crippen LogP contribution in [0.4, 0.5) is 9.80 Å². The number of thiophene rings is 1. The van der Waals surface area contributed by atoms with Crippen LogP contribution in [0.5, 0.6) is 0 Å². The van der Waals surface area contributed by atoms with E-state index in [1.165, 1.54) is 11.3 Å². The first kappa shape index (κ1) is 26.1. The quantitative estimate of drug-likeness (QED) is 0.570. The van der Waals surface area contributed by atoms with Gasteiger partial charge in [-0.1, -0.05) is 18.2 Å². The van der Waals surface area contributed by atoms with Crippen LogP contribution in [0, 0.1) is 5.41 Å². The van der Waals surface area contributed by atoms with Gasteiger partial charge in [-0.25, -0.2) is 4.79 Å². The van der Waals surface area contributed by atoms with Crippen LogP contribution in [-0.2, 0) is 9.59 Å². The third-order valence-corrected chi connectivity index (χ3v) is 9.96. The lowest BCUT2D eigenvalue weighted by molar-refractivity contribution is -0.145. The molecule has 4 aliphatic rings. The van der Waals surface area contributed by atoms with Gasteiger partial charge in [-0.05, 0) is 57.6 Å². The minimum absolute atomic E-state index is 0.00723. The van der Waals surface area contributed by atoms with E-state index in [1.54, 1.807) is 17.1 Å². The Hall–Kier alpha value is -3.18. The minimum atomic E-state index is -0.946. The third-order valence-electron chi connectivity index (χ3n) is 8.87. The zero-order valence-corrected chi connectivity index (χ0v) is 23.2. The highest BCUT2D eigenvalue weighted by atomic mass is 32.1. The number of anilines is 1. The van der Waals surface area contributed by atoms with Gasteiger partial charge in [0.05, 0.1) is 5.56 Å². The number of carbonyl (C=O) groups is 4. The van der Waals surface area contributed by atoms with E-state index in [9.17, 15) is 19.2 Å². The summed E-state index contributed by atoms with van der Waals surface area (Å²) >= 11 is 1.40. The SMILES string of the molecule is CNC(=O)Nc1sc2ccccc2c1C(=O)N1CCC(N2CCCC3(C2)C(=O)N2CCCCCN2C3=O)CC1. The lowest BCUT2D eigenvalue weighted by atomic mass is 9.78. The van der Waals surface area contributed by atoms with Crippen LogP contribution in [0.3, 0.4) is 0 Å². The number of carbonyl (C=O) groups excluding carboxylic acids is 4. The number of benzene rings is 1. The Bertz CT molecular complexity index is 1280. The van der Waals surface area contributed by atoms with Crippen LogP contribution < -0.4 is 10.6 Å². The predicted octanol–water partition coefficient (Wildman–Crippen LogP) is 3.11. The summed E-state index contributed by atoms with van der Waals surface area (Å²) < 4.78 is 0.953. The van der Waals surface area contributed by atoms with Gasteiger partial charge < -0.3 is 10.2 Å². The van der Waals surface area contributed by atoms with E-state index in [-0.39, 0.29) is 29.8 Å². The Labute approximate surface area is 232 Å². The number of urea groups is 1. The highest BCUT2D eigenvalue weighted by molar-refractivity contribution is 7.23. The van der Waals surface area contributed by atoms with Gasteiger partial charge in [0.2, 0.25) is 0 Å². The molecule has 208 valence electrons. The molecule has 4 saturated heterocycles. The van der Waals surface area contributed by atoms with Gasteiger partial charge in [-0.2, -0.15) is 0 Å². The molecule has 4 aliphatic heterocycles. The first-order valence-corrected chi connectivity index (χ1v) is 14.9. The van der Waals surface area contributed by atoms with Crippen LogP contribution in [-0.4, -0.2) is 95.9 Å². The first-order valence-electron chi connectivity index (χ1n) is 14.1. The molecule has 0 bridgehead atoms. The molecule has 5 heterocycles. The van der Waals surface area contributed by atoms with Gasteiger partial charge in [-0.15, -0.1) is 11.3 Å². The predicted molar refractivity (Wildman–Crippen MR) is 149 cm³/mol. The van der Waals surface area contributed by atoms with Crippen molar-refractivity contribution >= 4 is 50.2 Å². The smallest absolute Gasteiger partial charge is 0.319 e. The molecule has 2 aromatic rings. The van der Waals surface area contributed by atoms with Crippen molar-refractivity contribution in [2.45, 2.75) is 51.0 Å². The molecule has 1 aromatic heterocycles. The fraction of sp³-hybridized carbons (Fsp3) is 0.571. The number of nitrogens with zero attached hydrogens (tertiary/aromatic N) is 4. The molecule has 6 rings (SSSR count). The second kappa shape index (κ2) is 10.4. The molecule has 1 aromatic carbocycles. The number of rotatable bonds is 3. The molecular formula is C28H36N6O4S. The normalized spacial score (nSPS) is 22.3. The Kier molecular flexibility index (Phi) is 6.96. The zero-order valence-electron chi connectivity index (χ0n) is 22.4. The van der Waals surface area contributed by atoms with Gasteiger partial charge in [0.1, 0.15) is 10.4 Å². The lowest BCUT2D eigenvalue weighted by Crippen LogP contribution is -2.56. The van der Waals surface area contributed by atoms with Gasteiger partial charge >= 0.3 is 6.03 Å². The second-order valence-electron chi connectivity index (χ2n) is 11.1. The summed E-state index contributed by atoms with van der Waals surface area (Å²) in [6.45, 7) is 3.82. The lowest BCUT2D eigenvalue weighted by Gasteiger charge is -2.44. The number of fused-ring (bicyclic) bond motifs is 2. The number of hydrogen-bond donors (Lipinski definition) is 2. The monoisotopic (exact) mass is 552 g/mol. The standard InChI is InChI=1S/C28H36N6O4S/c1-29-27(38)30-23-22(20-8-3-4-9-21(20)39-23)24(35)31-16-10-19(11-17-31)32-13-7-12-28(18-32)25(36)33-14-5-2-6-15-34(33)26(28)37/h3-4,8-9,19H,2,5-7,10-18H2,1H3,(H2,29,30,38). The number of piperidine rings is 2. The van der Waals surface area contributed by atoms with Crippen molar-refractivity contribution in [2.24, 2.45) is 5.41 Å². The van der Waals surface area contributed by atoms with Crippen molar-refractivity contribution in [1.29, 1.82) is 0 Å². The maximum Gasteiger partial charge on any atom is 0.319 e. The van der Waals surface area contributed by atoms with E-state index in [0.717, 1.165) is 55.2 Å². The number of amides is 5. The topological polar surface area (TPSA) is 105 Å². The Morgan fingerprint density at radius 1 is 0.923 bits per heavy atom. The van der Waals surface area contributed by atoms with Gasteiger partial charge in [-0.3, -0.25) is 34.6 Å². The molecule has 5 amide bonds. The summed E-state index contributed by atoms with van der Waals surface area (Å²) in [7, 11) is 1.55. The molecule has 2 N–H and O–H groups in total. The molecule has 4 fully saturated rings. The van der Waals surface area contributed by atoms with Crippen LogP contribution >= 0.6 is 11.3 Å². The molecule has 0 aliphatic carbocycles. The van der Waals surface area contributed by atoms with Crippen molar-refractivity contribution in [3.63, 3.8) is 0 Å². The molecule has 11 heteroatoms. The molecule has 39 heavy (non-hydrogen) atoms. The molecule has 0 radical (unpaired) electrons. The van der Waals surface area contributed by atoms with E-state index in [2.05, 4.69) is 15.5 Å². The first-order chi connectivity index (χ1) is 18.9. The minimum Gasteiger partial charge on any atom is -0.341 e. The molecule has 1 spiro atoms. The van der Waals surface area contributed by atoms with E-state index in [1.807, 2.05) is 29.2 Å². The Balaban J connectivity index is 1.15. The number of nitrogens with one attached hydrogen (secondary N) is 2. The van der Waals surface area contributed by atoms with Gasteiger partial charge in [0.25, 0.3) is 17.7 Å². The number of hydrogen-bond acceptors (Lipinski definition) is 6. The highest BCUT2D eigenvalue weighted by Crippen LogP contribution is 2.42. The van der Waals surface area contributed by atoms with E-state index >= 15 is 0 Å². The van der Waals surface area contributed by atoms with Crippen molar-refractivity contribution in [3.8, 4) is 0 Å². The van der Waals surface area contributed by atoms with Crippen LogP contribution in [0.25, 0.3) is 10.1 Å². The maximum atomic E-state index is 13.8. The summed E-state index contributed by atoms with van der Waals surface area (Å²) in [5, 5.41) is 10.3. The summed E-state index contributed by atoms with van der Waals surface area (Å²) in [6.07, 6.45) is 5.97. The third kappa shape index (κ3) is 4.45. The summed E-state index contributed by atoms with van der Waals surface area (Å²) in [6, 6.07) is 7.59. The number of hydrazine groups is 1. The second-order valence-corrected chi connectivity index (χ2v) is 12.2. The summed E-state index contributed by atoms with van der Waals surface area (Å²) in [5.74, 6) is -0.0892. The molecule has 0 atom stereocenters.